The lowest BCUT2D eigenvalue weighted by molar-refractivity contribution is -0.154. The Labute approximate surface area is 120 Å². The van der Waals surface area contributed by atoms with E-state index in [0.717, 1.165) is 10.9 Å². The molecule has 1 aliphatic heterocycles. The van der Waals surface area contributed by atoms with Crippen LogP contribution in [-0.2, 0) is 9.53 Å². The Morgan fingerprint density at radius 1 is 1.33 bits per heavy atom. The zero-order chi connectivity index (χ0) is 15.0. The minimum Gasteiger partial charge on any atom is -0.479 e. The number of nitrogens with zero attached hydrogens (tertiary/aromatic N) is 1. The Kier molecular flexibility index (Phi) is 3.39. The fraction of sp³-hybridized carbons (Fsp3) is 0.333. The molecule has 3 rings (SSSR count). The summed E-state index contributed by atoms with van der Waals surface area (Å²) in [6, 6.07) is 7.39. The molecule has 110 valence electrons. The third-order valence-corrected chi connectivity index (χ3v) is 3.52. The second-order valence-corrected chi connectivity index (χ2v) is 5.10. The largest absolute Gasteiger partial charge is 0.479 e. The third kappa shape index (κ3) is 2.62. The van der Waals surface area contributed by atoms with E-state index in [1.54, 1.807) is 6.07 Å². The summed E-state index contributed by atoms with van der Waals surface area (Å²) in [7, 11) is 0. The topological polar surface area (TPSA) is 80.0 Å². The van der Waals surface area contributed by atoms with Crippen molar-refractivity contribution >= 4 is 22.8 Å². The van der Waals surface area contributed by atoms with Gasteiger partial charge < -0.3 is 19.2 Å². The first-order valence-electron chi connectivity index (χ1n) is 6.68. The molecule has 6 heteroatoms. The van der Waals surface area contributed by atoms with Crippen molar-refractivity contribution in [1.29, 1.82) is 0 Å². The number of aliphatic carboxylic acids is 1. The molecule has 2 heterocycles. The maximum Gasteiger partial charge on any atom is 0.334 e. The van der Waals surface area contributed by atoms with E-state index in [2.05, 4.69) is 0 Å². The lowest BCUT2D eigenvalue weighted by Gasteiger charge is -2.30. The highest BCUT2D eigenvalue weighted by atomic mass is 16.5. The van der Waals surface area contributed by atoms with E-state index in [0.29, 0.717) is 12.1 Å². The van der Waals surface area contributed by atoms with E-state index in [1.165, 1.54) is 4.90 Å². The van der Waals surface area contributed by atoms with Crippen molar-refractivity contribution in [3.05, 3.63) is 35.6 Å². The van der Waals surface area contributed by atoms with Gasteiger partial charge >= 0.3 is 5.97 Å². The number of carboxylic acid groups (broad SMARTS) is 1. The Balaban J connectivity index is 1.84. The highest BCUT2D eigenvalue weighted by Crippen LogP contribution is 2.22. The molecule has 0 bridgehead atoms. The van der Waals surface area contributed by atoms with Gasteiger partial charge in [0.2, 0.25) is 0 Å². The van der Waals surface area contributed by atoms with Gasteiger partial charge in [0, 0.05) is 11.9 Å². The first-order valence-corrected chi connectivity index (χ1v) is 6.68. The molecule has 1 fully saturated rings. The molecule has 1 aromatic carbocycles. The number of carboxylic acids is 1. The molecule has 1 N–H and O–H groups in total. The number of ether oxygens (including phenoxy) is 1. The fourth-order valence-corrected chi connectivity index (χ4v) is 2.38. The van der Waals surface area contributed by atoms with E-state index >= 15 is 0 Å². The smallest absolute Gasteiger partial charge is 0.334 e. The molecule has 0 radical (unpaired) electrons. The van der Waals surface area contributed by atoms with Crippen LogP contribution in [0.3, 0.4) is 0 Å². The van der Waals surface area contributed by atoms with Gasteiger partial charge in [-0.25, -0.2) is 4.79 Å². The van der Waals surface area contributed by atoms with Gasteiger partial charge in [0.15, 0.2) is 11.9 Å². The number of hydrogen-bond acceptors (Lipinski definition) is 4. The van der Waals surface area contributed by atoms with Crippen LogP contribution in [0.5, 0.6) is 0 Å². The number of aryl methyl sites for hydroxylation is 1. The highest BCUT2D eigenvalue weighted by molar-refractivity contribution is 5.96. The molecule has 21 heavy (non-hydrogen) atoms. The summed E-state index contributed by atoms with van der Waals surface area (Å²) in [6.45, 7) is 2.55. The van der Waals surface area contributed by atoms with Crippen LogP contribution in [0.1, 0.15) is 16.1 Å². The van der Waals surface area contributed by atoms with Crippen molar-refractivity contribution in [2.75, 3.05) is 19.7 Å². The second kappa shape index (κ2) is 5.21. The first kappa shape index (κ1) is 13.6. The van der Waals surface area contributed by atoms with Gasteiger partial charge in [-0.2, -0.15) is 0 Å². The second-order valence-electron chi connectivity index (χ2n) is 5.10. The normalized spacial score (nSPS) is 18.9. The summed E-state index contributed by atoms with van der Waals surface area (Å²) in [5.74, 6) is -1.15. The predicted octanol–water partition coefficient (Wildman–Crippen LogP) is 1.67. The van der Waals surface area contributed by atoms with Gasteiger partial charge in [-0.15, -0.1) is 0 Å². The Morgan fingerprint density at radius 2 is 2.14 bits per heavy atom. The zero-order valence-electron chi connectivity index (χ0n) is 11.5. The SMILES string of the molecule is Cc1ccc2cc(C(=O)N3CCOC(C(=O)O)C3)oc2c1. The lowest BCUT2D eigenvalue weighted by Crippen LogP contribution is -2.48. The number of carbonyl (C=O) groups excluding carboxylic acids is 1. The lowest BCUT2D eigenvalue weighted by atomic mass is 10.2. The number of hydrogen-bond donors (Lipinski definition) is 1. The number of rotatable bonds is 2. The van der Waals surface area contributed by atoms with Crippen molar-refractivity contribution in [2.24, 2.45) is 0 Å². The number of carbonyl (C=O) groups is 2. The number of morpholine rings is 1. The average molecular weight is 289 g/mol. The molecule has 1 unspecified atom stereocenters. The number of benzene rings is 1. The summed E-state index contributed by atoms with van der Waals surface area (Å²) < 4.78 is 10.7. The number of furan rings is 1. The molecule has 1 aromatic heterocycles. The number of fused-ring (bicyclic) bond motifs is 1. The van der Waals surface area contributed by atoms with Crippen LogP contribution in [0.2, 0.25) is 0 Å². The molecule has 1 aliphatic rings. The molecule has 0 spiro atoms. The van der Waals surface area contributed by atoms with Crippen molar-refractivity contribution in [3.8, 4) is 0 Å². The Bertz CT molecular complexity index is 705. The molecule has 1 atom stereocenters. The summed E-state index contributed by atoms with van der Waals surface area (Å²) in [4.78, 5) is 24.8. The van der Waals surface area contributed by atoms with Gasteiger partial charge in [-0.1, -0.05) is 12.1 Å². The molecular weight excluding hydrogens is 274 g/mol. The van der Waals surface area contributed by atoms with Crippen molar-refractivity contribution in [2.45, 2.75) is 13.0 Å². The summed E-state index contributed by atoms with van der Waals surface area (Å²) in [6.07, 6.45) is -0.977. The summed E-state index contributed by atoms with van der Waals surface area (Å²) in [5, 5.41) is 9.82. The maximum absolute atomic E-state index is 12.4. The third-order valence-electron chi connectivity index (χ3n) is 3.52. The monoisotopic (exact) mass is 289 g/mol. The van der Waals surface area contributed by atoms with Gasteiger partial charge in [0.1, 0.15) is 5.58 Å². The van der Waals surface area contributed by atoms with E-state index in [1.807, 2.05) is 25.1 Å². The van der Waals surface area contributed by atoms with Crippen LogP contribution in [0.15, 0.2) is 28.7 Å². The average Bonchev–Trinajstić information content (AvgIpc) is 2.89. The Morgan fingerprint density at radius 3 is 2.90 bits per heavy atom. The molecule has 1 saturated heterocycles. The van der Waals surface area contributed by atoms with E-state index in [4.69, 9.17) is 14.3 Å². The zero-order valence-corrected chi connectivity index (χ0v) is 11.5. The standard InChI is InChI=1S/C15H15NO5/c1-9-2-3-10-7-12(21-11(10)6-9)14(17)16-4-5-20-13(8-16)15(18)19/h2-3,6-7,13H,4-5,8H2,1H3,(H,18,19). The van der Waals surface area contributed by atoms with Crippen molar-refractivity contribution in [1.82, 2.24) is 4.90 Å². The van der Waals surface area contributed by atoms with Crippen molar-refractivity contribution in [3.63, 3.8) is 0 Å². The van der Waals surface area contributed by atoms with Crippen LogP contribution in [-0.4, -0.2) is 47.7 Å². The molecule has 2 aromatic rings. The van der Waals surface area contributed by atoms with Crippen LogP contribution in [0, 0.1) is 6.92 Å². The molecule has 0 aliphatic carbocycles. The van der Waals surface area contributed by atoms with Crippen LogP contribution in [0.25, 0.3) is 11.0 Å². The van der Waals surface area contributed by atoms with E-state index < -0.39 is 12.1 Å². The minimum absolute atomic E-state index is 0.0320. The maximum atomic E-state index is 12.4. The van der Waals surface area contributed by atoms with Crippen molar-refractivity contribution < 1.29 is 23.8 Å². The van der Waals surface area contributed by atoms with Gasteiger partial charge in [-0.3, -0.25) is 4.79 Å². The van der Waals surface area contributed by atoms with Gasteiger partial charge in [0.05, 0.1) is 13.2 Å². The molecule has 1 amide bonds. The molecule has 6 nitrogen and oxygen atoms in total. The van der Waals surface area contributed by atoms with E-state index in [9.17, 15) is 9.59 Å². The summed E-state index contributed by atoms with van der Waals surface area (Å²) in [5.41, 5.74) is 1.70. The quantitative estimate of drug-likeness (QED) is 0.909. The van der Waals surface area contributed by atoms with Crippen LogP contribution >= 0.6 is 0 Å². The summed E-state index contributed by atoms with van der Waals surface area (Å²) >= 11 is 0. The molecule has 0 saturated carbocycles. The van der Waals surface area contributed by atoms with E-state index in [-0.39, 0.29) is 24.8 Å². The van der Waals surface area contributed by atoms with Gasteiger partial charge in [0.25, 0.3) is 5.91 Å². The van der Waals surface area contributed by atoms with Crippen LogP contribution in [0.4, 0.5) is 0 Å². The number of amides is 1. The van der Waals surface area contributed by atoms with Gasteiger partial charge in [-0.05, 0) is 24.6 Å². The first-order chi connectivity index (χ1) is 10.0. The Hall–Kier alpha value is -2.34. The molecular formula is C15H15NO5. The van der Waals surface area contributed by atoms with Crippen LogP contribution < -0.4 is 0 Å². The predicted molar refractivity (Wildman–Crippen MR) is 74.2 cm³/mol. The highest BCUT2D eigenvalue weighted by Gasteiger charge is 2.30. The fourth-order valence-electron chi connectivity index (χ4n) is 2.38. The minimum atomic E-state index is -1.06.